The third-order valence-electron chi connectivity index (χ3n) is 3.90. The van der Waals surface area contributed by atoms with Crippen molar-refractivity contribution in [3.63, 3.8) is 0 Å². The van der Waals surface area contributed by atoms with E-state index >= 15 is 0 Å². The van der Waals surface area contributed by atoms with Gasteiger partial charge < -0.3 is 9.90 Å². The molecular formula is C17H16NO4S2-. The van der Waals surface area contributed by atoms with E-state index in [4.69, 9.17) is 12.2 Å². The van der Waals surface area contributed by atoms with Crippen LogP contribution in [0.3, 0.4) is 0 Å². The number of aliphatic carboxylic acids is 1. The molecule has 24 heavy (non-hydrogen) atoms. The van der Waals surface area contributed by atoms with Crippen molar-refractivity contribution in [3.8, 4) is 0 Å². The summed E-state index contributed by atoms with van der Waals surface area (Å²) >= 11 is 6.27. The third kappa shape index (κ3) is 3.73. The molecule has 2 rings (SSSR count). The number of carbonyl (C=O) groups excluding carboxylic acids is 3. The normalized spacial score (nSPS) is 18.8. The smallest absolute Gasteiger partial charge is 0.266 e. The molecule has 7 heteroatoms. The summed E-state index contributed by atoms with van der Waals surface area (Å²) in [6.07, 6.45) is 2.96. The first-order valence-electron chi connectivity index (χ1n) is 7.42. The molecule has 1 amide bonds. The van der Waals surface area contributed by atoms with Gasteiger partial charge in [0.2, 0.25) is 0 Å². The first kappa shape index (κ1) is 18.4. The van der Waals surface area contributed by atoms with Crippen LogP contribution in [0, 0.1) is 5.92 Å². The first-order chi connectivity index (χ1) is 11.4. The van der Waals surface area contributed by atoms with E-state index in [1.807, 2.05) is 6.92 Å². The van der Waals surface area contributed by atoms with Crippen LogP contribution in [0.15, 0.2) is 29.2 Å². The van der Waals surface area contributed by atoms with Crippen LogP contribution in [0.25, 0.3) is 6.08 Å². The van der Waals surface area contributed by atoms with Crippen molar-refractivity contribution in [1.82, 2.24) is 4.90 Å². The van der Waals surface area contributed by atoms with Gasteiger partial charge in [-0.25, -0.2) is 0 Å². The Morgan fingerprint density at radius 3 is 2.42 bits per heavy atom. The molecule has 0 aromatic heterocycles. The minimum absolute atomic E-state index is 0.213. The van der Waals surface area contributed by atoms with Gasteiger partial charge in [-0.1, -0.05) is 68.5 Å². The zero-order valence-corrected chi connectivity index (χ0v) is 14.9. The second kappa shape index (κ2) is 7.72. The molecule has 0 bridgehead atoms. The van der Waals surface area contributed by atoms with Crippen LogP contribution in [-0.4, -0.2) is 33.4 Å². The standard InChI is InChI=1S/C17H17NO4S2/c1-3-10(2)14(16(21)22)18-15(20)13(24-17(18)23)8-11-4-6-12(9-19)7-5-11/h4-10,14H,3H2,1-2H3,(H,21,22)/p-1/b13-8-/t10-,14+/m1/s1. The maximum absolute atomic E-state index is 12.6. The summed E-state index contributed by atoms with van der Waals surface area (Å²) in [4.78, 5) is 36.3. The lowest BCUT2D eigenvalue weighted by atomic mass is 9.98. The Balaban J connectivity index is 2.31. The number of nitrogens with zero attached hydrogens (tertiary/aromatic N) is 1. The van der Waals surface area contributed by atoms with Crippen LogP contribution in [0.1, 0.15) is 36.2 Å². The van der Waals surface area contributed by atoms with Gasteiger partial charge in [0.15, 0.2) is 0 Å². The van der Waals surface area contributed by atoms with Crippen molar-refractivity contribution in [1.29, 1.82) is 0 Å². The fourth-order valence-electron chi connectivity index (χ4n) is 2.36. The summed E-state index contributed by atoms with van der Waals surface area (Å²) in [7, 11) is 0. The van der Waals surface area contributed by atoms with Crippen LogP contribution < -0.4 is 5.11 Å². The summed E-state index contributed by atoms with van der Waals surface area (Å²) in [6.45, 7) is 3.60. The van der Waals surface area contributed by atoms with E-state index in [-0.39, 0.29) is 10.2 Å². The van der Waals surface area contributed by atoms with Crippen LogP contribution in [-0.2, 0) is 9.59 Å². The molecule has 0 aliphatic carbocycles. The zero-order valence-electron chi connectivity index (χ0n) is 13.2. The fourth-order valence-corrected chi connectivity index (χ4v) is 3.69. The highest BCUT2D eigenvalue weighted by atomic mass is 32.2. The van der Waals surface area contributed by atoms with Crippen LogP contribution in [0.4, 0.5) is 0 Å². The van der Waals surface area contributed by atoms with Crippen LogP contribution in [0.2, 0.25) is 0 Å². The molecule has 0 spiro atoms. The number of benzene rings is 1. The number of hydrogen-bond acceptors (Lipinski definition) is 6. The van der Waals surface area contributed by atoms with Gasteiger partial charge in [0, 0.05) is 5.56 Å². The van der Waals surface area contributed by atoms with Gasteiger partial charge in [0.1, 0.15) is 10.6 Å². The summed E-state index contributed by atoms with van der Waals surface area (Å²) in [5.41, 5.74) is 1.27. The van der Waals surface area contributed by atoms with Gasteiger partial charge >= 0.3 is 0 Å². The van der Waals surface area contributed by atoms with Gasteiger partial charge in [-0.3, -0.25) is 14.5 Å². The van der Waals surface area contributed by atoms with Crippen molar-refractivity contribution in [2.75, 3.05) is 0 Å². The molecule has 0 saturated carbocycles. The second-order valence-electron chi connectivity index (χ2n) is 5.49. The SMILES string of the molecule is CC[C@@H](C)[C@@H](C(=O)[O-])N1C(=O)/C(=C/c2ccc(C=O)cc2)SC1=S. The van der Waals surface area contributed by atoms with Crippen molar-refractivity contribution >= 4 is 52.5 Å². The number of carbonyl (C=O) groups is 3. The molecular weight excluding hydrogens is 346 g/mol. The number of rotatable bonds is 6. The predicted molar refractivity (Wildman–Crippen MR) is 95.1 cm³/mol. The average Bonchev–Trinajstić information content (AvgIpc) is 2.83. The summed E-state index contributed by atoms with van der Waals surface area (Å²) in [5.74, 6) is -2.01. The van der Waals surface area contributed by atoms with Crippen molar-refractivity contribution < 1.29 is 19.5 Å². The van der Waals surface area contributed by atoms with Crippen molar-refractivity contribution in [2.24, 2.45) is 5.92 Å². The number of thioether (sulfide) groups is 1. The monoisotopic (exact) mass is 362 g/mol. The van der Waals surface area contributed by atoms with Crippen LogP contribution >= 0.6 is 24.0 Å². The summed E-state index contributed by atoms with van der Waals surface area (Å²) in [6, 6.07) is 5.62. The molecule has 1 fully saturated rings. The lowest BCUT2D eigenvalue weighted by Gasteiger charge is -2.32. The fraction of sp³-hybridized carbons (Fsp3) is 0.294. The maximum atomic E-state index is 12.6. The van der Waals surface area contributed by atoms with Gasteiger partial charge in [-0.2, -0.15) is 0 Å². The molecule has 1 aliphatic rings. The number of amides is 1. The van der Waals surface area contributed by atoms with E-state index in [0.717, 1.165) is 28.5 Å². The topological polar surface area (TPSA) is 77.5 Å². The van der Waals surface area contributed by atoms with Gasteiger partial charge in [0.25, 0.3) is 5.91 Å². The van der Waals surface area contributed by atoms with Gasteiger partial charge in [0.05, 0.1) is 16.9 Å². The van der Waals surface area contributed by atoms with E-state index in [2.05, 4.69) is 0 Å². The molecule has 126 valence electrons. The Morgan fingerprint density at radius 1 is 1.33 bits per heavy atom. The molecule has 0 unspecified atom stereocenters. The Morgan fingerprint density at radius 2 is 1.92 bits per heavy atom. The maximum Gasteiger partial charge on any atom is 0.266 e. The summed E-state index contributed by atoms with van der Waals surface area (Å²) < 4.78 is 0.213. The highest BCUT2D eigenvalue weighted by molar-refractivity contribution is 8.26. The predicted octanol–water partition coefficient (Wildman–Crippen LogP) is 1.86. The zero-order chi connectivity index (χ0) is 17.9. The molecule has 1 aromatic rings. The quantitative estimate of drug-likeness (QED) is 0.437. The highest BCUT2D eigenvalue weighted by Gasteiger charge is 2.39. The molecule has 5 nitrogen and oxygen atoms in total. The number of carboxylic acids is 1. The first-order valence-corrected chi connectivity index (χ1v) is 8.64. The largest absolute Gasteiger partial charge is 0.548 e. The Bertz CT molecular complexity index is 712. The van der Waals surface area contributed by atoms with E-state index in [0.29, 0.717) is 16.9 Å². The molecule has 1 saturated heterocycles. The average molecular weight is 362 g/mol. The van der Waals surface area contributed by atoms with Crippen LogP contribution in [0.5, 0.6) is 0 Å². The third-order valence-corrected chi connectivity index (χ3v) is 5.23. The van der Waals surface area contributed by atoms with E-state index in [1.54, 1.807) is 37.3 Å². The number of thiocarbonyl (C=S) groups is 1. The molecule has 1 aromatic carbocycles. The Kier molecular flexibility index (Phi) is 5.90. The van der Waals surface area contributed by atoms with Crippen molar-refractivity contribution in [3.05, 3.63) is 40.3 Å². The van der Waals surface area contributed by atoms with Gasteiger partial charge in [-0.15, -0.1) is 0 Å². The highest BCUT2D eigenvalue weighted by Crippen LogP contribution is 2.35. The van der Waals surface area contributed by atoms with E-state index < -0.39 is 17.9 Å². The Labute approximate surface area is 149 Å². The molecule has 0 N–H and O–H groups in total. The Hall–Kier alpha value is -1.99. The van der Waals surface area contributed by atoms with Gasteiger partial charge in [-0.05, 0) is 17.6 Å². The molecule has 2 atom stereocenters. The number of aldehydes is 1. The van der Waals surface area contributed by atoms with E-state index in [1.165, 1.54) is 0 Å². The number of carboxylic acid groups (broad SMARTS) is 1. The minimum Gasteiger partial charge on any atom is -0.548 e. The number of hydrogen-bond donors (Lipinski definition) is 0. The second-order valence-corrected chi connectivity index (χ2v) is 7.16. The lowest BCUT2D eigenvalue weighted by Crippen LogP contribution is -2.53. The molecule has 1 aliphatic heterocycles. The summed E-state index contributed by atoms with van der Waals surface area (Å²) in [5, 5.41) is 11.5. The molecule has 0 radical (unpaired) electrons. The molecule has 1 heterocycles. The van der Waals surface area contributed by atoms with E-state index in [9.17, 15) is 19.5 Å². The van der Waals surface area contributed by atoms with Crippen molar-refractivity contribution in [2.45, 2.75) is 26.3 Å². The lowest BCUT2D eigenvalue weighted by molar-refractivity contribution is -0.311. The minimum atomic E-state index is -1.31.